The molecule has 132 valence electrons. The molecule has 1 N–H and O–H groups in total. The number of hydrogen-bond donors (Lipinski definition) is 1. The predicted molar refractivity (Wildman–Crippen MR) is 94.6 cm³/mol. The third-order valence-corrected chi connectivity index (χ3v) is 5.17. The van der Waals surface area contributed by atoms with Gasteiger partial charge in [-0.3, -0.25) is 4.79 Å². The molecule has 1 atom stereocenters. The molecule has 1 saturated heterocycles. The minimum atomic E-state index is -1.04. The van der Waals surface area contributed by atoms with Crippen molar-refractivity contribution in [1.82, 2.24) is 9.88 Å². The van der Waals surface area contributed by atoms with Crippen molar-refractivity contribution in [2.45, 2.75) is 25.8 Å². The van der Waals surface area contributed by atoms with Gasteiger partial charge in [0.15, 0.2) is 6.04 Å². The maximum absolute atomic E-state index is 12.5. The van der Waals surface area contributed by atoms with Crippen molar-refractivity contribution in [3.63, 3.8) is 0 Å². The van der Waals surface area contributed by atoms with Gasteiger partial charge in [-0.15, -0.1) is 11.3 Å². The molecule has 0 bridgehead atoms. The Balaban J connectivity index is 1.69. The standard InChI is InChI=1S/C18H20N2O4S/c1-2-12-3-5-13(6-4-12)17-19-14(11-25-17)9-16(21)20-7-8-24-10-15(20)18(22)23/h3-6,11,15H,2,7-10H2,1H3,(H,22,23)/t15-/m0/s1. The molecule has 1 aliphatic rings. The molecule has 2 aromatic rings. The number of benzene rings is 1. The van der Waals surface area contributed by atoms with Crippen molar-refractivity contribution in [1.29, 1.82) is 0 Å². The van der Waals surface area contributed by atoms with E-state index in [1.54, 1.807) is 0 Å². The highest BCUT2D eigenvalue weighted by Gasteiger charge is 2.32. The smallest absolute Gasteiger partial charge is 0.328 e. The summed E-state index contributed by atoms with van der Waals surface area (Å²) in [6.07, 6.45) is 1.09. The van der Waals surface area contributed by atoms with Crippen molar-refractivity contribution < 1.29 is 19.4 Å². The number of carbonyl (C=O) groups excluding carboxylic acids is 1. The van der Waals surface area contributed by atoms with Crippen LogP contribution in [0.1, 0.15) is 18.2 Å². The van der Waals surface area contributed by atoms with E-state index >= 15 is 0 Å². The number of amides is 1. The van der Waals surface area contributed by atoms with Gasteiger partial charge >= 0.3 is 5.97 Å². The lowest BCUT2D eigenvalue weighted by molar-refractivity contribution is -0.158. The number of nitrogens with zero attached hydrogens (tertiary/aromatic N) is 2. The van der Waals surface area contributed by atoms with Gasteiger partial charge < -0.3 is 14.7 Å². The number of rotatable bonds is 5. The Hall–Kier alpha value is -2.25. The van der Waals surface area contributed by atoms with Crippen LogP contribution in [-0.4, -0.2) is 52.7 Å². The summed E-state index contributed by atoms with van der Waals surface area (Å²) < 4.78 is 5.17. The first kappa shape index (κ1) is 17.6. The Labute approximate surface area is 150 Å². The summed E-state index contributed by atoms with van der Waals surface area (Å²) in [5.74, 6) is -1.27. The maximum Gasteiger partial charge on any atom is 0.328 e. The third kappa shape index (κ3) is 4.05. The van der Waals surface area contributed by atoms with Crippen LogP contribution in [0.15, 0.2) is 29.6 Å². The van der Waals surface area contributed by atoms with Crippen LogP contribution in [0.2, 0.25) is 0 Å². The van der Waals surface area contributed by atoms with Gasteiger partial charge in [0, 0.05) is 17.5 Å². The second-order valence-corrected chi connectivity index (χ2v) is 6.75. The maximum atomic E-state index is 12.5. The largest absolute Gasteiger partial charge is 0.480 e. The molecule has 0 aliphatic carbocycles. The molecule has 0 saturated carbocycles. The van der Waals surface area contributed by atoms with Gasteiger partial charge in [0.05, 0.1) is 25.3 Å². The number of morpholine rings is 1. The summed E-state index contributed by atoms with van der Waals surface area (Å²) in [6, 6.07) is 7.30. The van der Waals surface area contributed by atoms with Gasteiger partial charge in [-0.1, -0.05) is 31.2 Å². The van der Waals surface area contributed by atoms with E-state index in [9.17, 15) is 14.7 Å². The van der Waals surface area contributed by atoms with Crippen molar-refractivity contribution in [2.75, 3.05) is 19.8 Å². The van der Waals surface area contributed by atoms with Crippen LogP contribution in [-0.2, 0) is 27.2 Å². The molecule has 25 heavy (non-hydrogen) atoms. The third-order valence-electron chi connectivity index (χ3n) is 4.23. The van der Waals surface area contributed by atoms with Gasteiger partial charge in [-0.2, -0.15) is 0 Å². The molecule has 2 heterocycles. The average molecular weight is 360 g/mol. The highest BCUT2D eigenvalue weighted by molar-refractivity contribution is 7.13. The molecule has 1 aliphatic heterocycles. The molecular weight excluding hydrogens is 340 g/mol. The van der Waals surface area contributed by atoms with Gasteiger partial charge in [0.1, 0.15) is 5.01 Å². The molecule has 6 nitrogen and oxygen atoms in total. The summed E-state index contributed by atoms with van der Waals surface area (Å²) in [7, 11) is 0. The first-order chi connectivity index (χ1) is 12.1. The van der Waals surface area contributed by atoms with E-state index in [4.69, 9.17) is 4.74 Å². The molecule has 0 spiro atoms. The Morgan fingerprint density at radius 1 is 1.36 bits per heavy atom. The van der Waals surface area contributed by atoms with Crippen LogP contribution in [0.4, 0.5) is 0 Å². The summed E-state index contributed by atoms with van der Waals surface area (Å²) >= 11 is 1.49. The summed E-state index contributed by atoms with van der Waals surface area (Å²) in [5.41, 5.74) is 2.96. The first-order valence-electron chi connectivity index (χ1n) is 8.22. The van der Waals surface area contributed by atoms with Gasteiger partial charge in [0.2, 0.25) is 5.91 Å². The van der Waals surface area contributed by atoms with E-state index in [0.29, 0.717) is 18.8 Å². The molecule has 1 aromatic carbocycles. The fourth-order valence-electron chi connectivity index (χ4n) is 2.77. The summed E-state index contributed by atoms with van der Waals surface area (Å²) in [6.45, 7) is 2.80. The fourth-order valence-corrected chi connectivity index (χ4v) is 3.59. The molecular formula is C18H20N2O4S. The summed E-state index contributed by atoms with van der Waals surface area (Å²) in [5, 5.41) is 12.0. The number of carbonyl (C=O) groups is 2. The van der Waals surface area contributed by atoms with Crippen LogP contribution in [0.25, 0.3) is 10.6 Å². The SMILES string of the molecule is CCc1ccc(-c2nc(CC(=O)N3CCOC[C@H]3C(=O)O)cs2)cc1. The Morgan fingerprint density at radius 2 is 2.12 bits per heavy atom. The summed E-state index contributed by atoms with van der Waals surface area (Å²) in [4.78, 5) is 29.7. The zero-order chi connectivity index (χ0) is 17.8. The van der Waals surface area contributed by atoms with E-state index in [-0.39, 0.29) is 18.9 Å². The highest BCUT2D eigenvalue weighted by atomic mass is 32.1. The molecule has 1 amide bonds. The normalized spacial score (nSPS) is 17.5. The number of ether oxygens (including phenoxy) is 1. The molecule has 1 aromatic heterocycles. The van der Waals surface area contributed by atoms with E-state index in [0.717, 1.165) is 17.0 Å². The van der Waals surface area contributed by atoms with Crippen LogP contribution < -0.4 is 0 Å². The molecule has 0 unspecified atom stereocenters. The molecule has 0 radical (unpaired) electrons. The lowest BCUT2D eigenvalue weighted by Crippen LogP contribution is -2.53. The zero-order valence-electron chi connectivity index (χ0n) is 14.0. The first-order valence-corrected chi connectivity index (χ1v) is 9.10. The van der Waals surface area contributed by atoms with E-state index < -0.39 is 12.0 Å². The van der Waals surface area contributed by atoms with Crippen molar-refractivity contribution >= 4 is 23.2 Å². The van der Waals surface area contributed by atoms with E-state index in [1.807, 2.05) is 17.5 Å². The van der Waals surface area contributed by atoms with Crippen LogP contribution in [0.3, 0.4) is 0 Å². The Bertz CT molecular complexity index is 757. The van der Waals surface area contributed by atoms with E-state index in [2.05, 4.69) is 24.0 Å². The minimum absolute atomic E-state index is 0.0349. The molecule has 7 heteroatoms. The van der Waals surface area contributed by atoms with Crippen LogP contribution in [0.5, 0.6) is 0 Å². The Morgan fingerprint density at radius 3 is 2.80 bits per heavy atom. The van der Waals surface area contributed by atoms with E-state index in [1.165, 1.54) is 21.8 Å². The number of carboxylic acids is 1. The number of thiazole rings is 1. The number of aliphatic carboxylic acids is 1. The molecule has 1 fully saturated rings. The number of carboxylic acid groups (broad SMARTS) is 1. The number of aryl methyl sites for hydroxylation is 1. The quantitative estimate of drug-likeness (QED) is 0.884. The second-order valence-electron chi connectivity index (χ2n) is 5.89. The van der Waals surface area contributed by atoms with Crippen molar-refractivity contribution in [2.24, 2.45) is 0 Å². The predicted octanol–water partition coefficient (Wildman–Crippen LogP) is 2.23. The van der Waals surface area contributed by atoms with Crippen molar-refractivity contribution in [3.05, 3.63) is 40.9 Å². The topological polar surface area (TPSA) is 79.7 Å². The van der Waals surface area contributed by atoms with Gasteiger partial charge in [0.25, 0.3) is 0 Å². The molecule has 3 rings (SSSR count). The zero-order valence-corrected chi connectivity index (χ0v) is 14.8. The van der Waals surface area contributed by atoms with Crippen LogP contribution >= 0.6 is 11.3 Å². The van der Waals surface area contributed by atoms with Crippen molar-refractivity contribution in [3.8, 4) is 10.6 Å². The monoisotopic (exact) mass is 360 g/mol. The lowest BCUT2D eigenvalue weighted by atomic mass is 10.1. The second kappa shape index (κ2) is 7.76. The average Bonchev–Trinajstić information content (AvgIpc) is 3.10. The van der Waals surface area contributed by atoms with Gasteiger partial charge in [-0.25, -0.2) is 9.78 Å². The minimum Gasteiger partial charge on any atom is -0.480 e. The lowest BCUT2D eigenvalue weighted by Gasteiger charge is -2.32. The fraction of sp³-hybridized carbons (Fsp3) is 0.389. The number of hydrogen-bond acceptors (Lipinski definition) is 5. The highest BCUT2D eigenvalue weighted by Crippen LogP contribution is 2.25. The Kier molecular flexibility index (Phi) is 5.45. The number of aromatic nitrogens is 1. The van der Waals surface area contributed by atoms with Gasteiger partial charge in [-0.05, 0) is 12.0 Å². The van der Waals surface area contributed by atoms with Crippen LogP contribution in [0, 0.1) is 0 Å².